The van der Waals surface area contributed by atoms with Gasteiger partial charge in [0.15, 0.2) is 0 Å². The van der Waals surface area contributed by atoms with Crippen molar-refractivity contribution in [3.8, 4) is 5.75 Å². The minimum Gasteiger partial charge on any atom is -0.493 e. The molecular formula is C49H46N4O6S2. The van der Waals surface area contributed by atoms with E-state index in [0.29, 0.717) is 57.6 Å². The van der Waals surface area contributed by atoms with Gasteiger partial charge in [-0.2, -0.15) is 0 Å². The van der Waals surface area contributed by atoms with Crippen LogP contribution in [0.3, 0.4) is 0 Å². The summed E-state index contributed by atoms with van der Waals surface area (Å²) >= 11 is 2.74. The van der Waals surface area contributed by atoms with Gasteiger partial charge in [-0.3, -0.25) is 19.3 Å². The van der Waals surface area contributed by atoms with E-state index in [2.05, 4.69) is 33.0 Å². The average Bonchev–Trinajstić information content (AvgIpc) is 3.64. The van der Waals surface area contributed by atoms with Crippen molar-refractivity contribution < 1.29 is 28.7 Å². The maximum Gasteiger partial charge on any atom is 0.341 e. The fourth-order valence-corrected chi connectivity index (χ4v) is 9.35. The van der Waals surface area contributed by atoms with Crippen molar-refractivity contribution in [1.29, 1.82) is 0 Å². The number of carbonyl (C=O) groups excluding carboxylic acids is 4. The molecule has 1 atom stereocenters. The quantitative estimate of drug-likeness (QED) is 0.0500. The smallest absolute Gasteiger partial charge is 0.341 e. The Labute approximate surface area is 364 Å². The minimum atomic E-state index is -0.730. The largest absolute Gasteiger partial charge is 0.493 e. The maximum atomic E-state index is 14.5. The van der Waals surface area contributed by atoms with Crippen LogP contribution in [0.4, 0.5) is 10.7 Å². The Morgan fingerprint density at radius 1 is 0.803 bits per heavy atom. The van der Waals surface area contributed by atoms with E-state index in [0.717, 1.165) is 29.1 Å². The van der Waals surface area contributed by atoms with Gasteiger partial charge in [0, 0.05) is 46.2 Å². The van der Waals surface area contributed by atoms with Gasteiger partial charge in [-0.1, -0.05) is 103 Å². The first kappa shape index (κ1) is 42.6. The van der Waals surface area contributed by atoms with Crippen LogP contribution in [0.2, 0.25) is 0 Å². The van der Waals surface area contributed by atoms with Gasteiger partial charge in [0.25, 0.3) is 11.8 Å². The average molecular weight is 851 g/mol. The third-order valence-electron chi connectivity index (χ3n) is 9.84. The number of ether oxygens (including phenoxy) is 2. The van der Waals surface area contributed by atoms with Crippen molar-refractivity contribution in [3.05, 3.63) is 183 Å². The second kappa shape index (κ2) is 20.7. The van der Waals surface area contributed by atoms with Crippen LogP contribution in [0, 0.1) is 0 Å². The van der Waals surface area contributed by atoms with Crippen LogP contribution in [0.1, 0.15) is 66.9 Å². The summed E-state index contributed by atoms with van der Waals surface area (Å²) in [6.07, 6.45) is 2.24. The summed E-state index contributed by atoms with van der Waals surface area (Å²) in [5, 5.41) is 8.61. The molecule has 0 aliphatic carbocycles. The number of thiophene rings is 1. The van der Waals surface area contributed by atoms with E-state index in [1.165, 1.54) is 28.7 Å². The van der Waals surface area contributed by atoms with Gasteiger partial charge in [0.1, 0.15) is 21.7 Å². The standard InChI is InChI=1S/C49H46N4O6S2/c1-3-58-41-26-15-14-23-36(41)29-40(51-45(54)35-21-12-7-13-22-35)46(55)50-37-24-16-25-38(30-37)60-44(34-19-10-6-11-20-34)47(56)52-48-43(49(57)59-4-2)39-27-28-53(32-42(39)61-48)31-33-17-8-5-9-18-33/h5-26,29-30,44H,3-4,27-28,31-32H2,1-2H3,(H,50,55)(H,51,54)(H,52,56)/b40-29+. The van der Waals surface area contributed by atoms with Crippen molar-refractivity contribution in [2.45, 2.75) is 43.5 Å². The lowest BCUT2D eigenvalue weighted by molar-refractivity contribution is -0.116. The number of nitrogens with zero attached hydrogens (tertiary/aromatic N) is 1. The Morgan fingerprint density at radius 2 is 1.51 bits per heavy atom. The van der Waals surface area contributed by atoms with E-state index in [1.807, 2.05) is 79.7 Å². The van der Waals surface area contributed by atoms with Crippen LogP contribution in [-0.4, -0.2) is 48.3 Å². The molecule has 12 heteroatoms. The highest BCUT2D eigenvalue weighted by atomic mass is 32.2. The molecule has 10 nitrogen and oxygen atoms in total. The lowest BCUT2D eigenvalue weighted by Crippen LogP contribution is -2.30. The predicted octanol–water partition coefficient (Wildman–Crippen LogP) is 9.76. The number of thioether (sulfide) groups is 1. The van der Waals surface area contributed by atoms with E-state index >= 15 is 0 Å². The normalized spacial score (nSPS) is 13.0. The highest BCUT2D eigenvalue weighted by molar-refractivity contribution is 8.00. The molecule has 0 saturated carbocycles. The number of rotatable bonds is 16. The molecule has 5 aromatic carbocycles. The van der Waals surface area contributed by atoms with Crippen LogP contribution >= 0.6 is 23.1 Å². The fourth-order valence-electron chi connectivity index (χ4n) is 6.98. The predicted molar refractivity (Wildman–Crippen MR) is 243 cm³/mol. The zero-order valence-electron chi connectivity index (χ0n) is 33.9. The molecule has 0 radical (unpaired) electrons. The van der Waals surface area contributed by atoms with Crippen molar-refractivity contribution in [2.75, 3.05) is 30.4 Å². The van der Waals surface area contributed by atoms with Gasteiger partial charge in [-0.25, -0.2) is 4.79 Å². The summed E-state index contributed by atoms with van der Waals surface area (Å²) in [4.78, 5) is 59.4. The van der Waals surface area contributed by atoms with E-state index in [4.69, 9.17) is 9.47 Å². The summed E-state index contributed by atoms with van der Waals surface area (Å²) in [6, 6.07) is 42.8. The van der Waals surface area contributed by atoms with E-state index < -0.39 is 23.0 Å². The molecule has 1 aromatic heterocycles. The number of anilines is 2. The summed E-state index contributed by atoms with van der Waals surface area (Å²) in [5.41, 5.74) is 4.79. The number of benzene rings is 5. The van der Waals surface area contributed by atoms with Crippen LogP contribution in [-0.2, 0) is 33.8 Å². The number of fused-ring (bicyclic) bond motifs is 1. The van der Waals surface area contributed by atoms with Crippen molar-refractivity contribution in [3.63, 3.8) is 0 Å². The molecule has 0 saturated heterocycles. The first-order chi connectivity index (χ1) is 29.8. The Hall–Kier alpha value is -6.47. The third kappa shape index (κ3) is 11.0. The number of hydrogen-bond donors (Lipinski definition) is 3. The molecule has 310 valence electrons. The Morgan fingerprint density at radius 3 is 2.25 bits per heavy atom. The van der Waals surface area contributed by atoms with Crippen LogP contribution < -0.4 is 20.7 Å². The third-order valence-corrected chi connectivity index (χ3v) is 12.2. The Kier molecular flexibility index (Phi) is 14.5. The summed E-state index contributed by atoms with van der Waals surface area (Å²) in [5.74, 6) is -1.19. The highest BCUT2D eigenvalue weighted by Crippen LogP contribution is 2.41. The molecule has 0 fully saturated rings. The molecule has 3 N–H and O–H groups in total. The number of hydrogen-bond acceptors (Lipinski definition) is 9. The molecule has 1 aliphatic rings. The number of amides is 3. The van der Waals surface area contributed by atoms with Crippen LogP contribution in [0.25, 0.3) is 6.08 Å². The van der Waals surface area contributed by atoms with Gasteiger partial charge in [-0.15, -0.1) is 23.1 Å². The second-order valence-electron chi connectivity index (χ2n) is 14.1. The minimum absolute atomic E-state index is 0.0137. The van der Waals surface area contributed by atoms with Gasteiger partial charge in [0.05, 0.1) is 18.8 Å². The van der Waals surface area contributed by atoms with Gasteiger partial charge in [-0.05, 0) is 79.4 Å². The van der Waals surface area contributed by atoms with Gasteiger partial charge >= 0.3 is 5.97 Å². The Bertz CT molecular complexity index is 2510. The number of nitrogens with one attached hydrogen (secondary N) is 3. The summed E-state index contributed by atoms with van der Waals surface area (Å²) in [6.45, 7) is 6.48. The van der Waals surface area contributed by atoms with Crippen LogP contribution in [0.5, 0.6) is 5.75 Å². The lowest BCUT2D eigenvalue weighted by Gasteiger charge is -2.27. The van der Waals surface area contributed by atoms with Crippen molar-refractivity contribution >= 4 is 63.6 Å². The van der Waals surface area contributed by atoms with Gasteiger partial charge < -0.3 is 25.4 Å². The highest BCUT2D eigenvalue weighted by Gasteiger charge is 2.32. The van der Waals surface area contributed by atoms with Gasteiger partial charge in [0.2, 0.25) is 5.91 Å². The number of para-hydroxylation sites is 1. The molecule has 7 rings (SSSR count). The Balaban J connectivity index is 1.13. The topological polar surface area (TPSA) is 126 Å². The van der Waals surface area contributed by atoms with Crippen molar-refractivity contribution in [1.82, 2.24) is 10.2 Å². The molecule has 1 aliphatic heterocycles. The monoisotopic (exact) mass is 850 g/mol. The van der Waals surface area contributed by atoms with E-state index in [9.17, 15) is 19.2 Å². The fraction of sp³-hybridized carbons (Fsp3) is 0.184. The summed E-state index contributed by atoms with van der Waals surface area (Å²) in [7, 11) is 0. The molecular weight excluding hydrogens is 805 g/mol. The van der Waals surface area contributed by atoms with Crippen molar-refractivity contribution in [2.24, 2.45) is 0 Å². The zero-order chi connectivity index (χ0) is 42.6. The molecule has 1 unspecified atom stereocenters. The molecule has 0 bridgehead atoms. The SMILES string of the molecule is CCOC(=O)c1c(NC(=O)C(Sc2cccc(NC(=O)/C(=C\c3ccccc3OCC)NC(=O)c3ccccc3)c2)c2ccccc2)sc2c1CCN(Cc1ccccc1)C2. The molecule has 6 aromatic rings. The summed E-state index contributed by atoms with van der Waals surface area (Å²) < 4.78 is 11.3. The maximum absolute atomic E-state index is 14.5. The molecule has 61 heavy (non-hydrogen) atoms. The molecule has 0 spiro atoms. The van der Waals surface area contributed by atoms with Crippen LogP contribution in [0.15, 0.2) is 150 Å². The van der Waals surface area contributed by atoms with E-state index in [-0.39, 0.29) is 18.2 Å². The first-order valence-electron chi connectivity index (χ1n) is 20.1. The zero-order valence-corrected chi connectivity index (χ0v) is 35.5. The number of esters is 1. The van der Waals surface area contributed by atoms with E-state index in [1.54, 1.807) is 67.6 Å². The number of carbonyl (C=O) groups is 4. The first-order valence-corrected chi connectivity index (χ1v) is 21.8. The molecule has 2 heterocycles. The molecule has 3 amide bonds. The lowest BCUT2D eigenvalue weighted by atomic mass is 10.0. The second-order valence-corrected chi connectivity index (χ2v) is 16.4.